The summed E-state index contributed by atoms with van der Waals surface area (Å²) in [6, 6.07) is 0. The van der Waals surface area contributed by atoms with Crippen LogP contribution in [0, 0.1) is 0 Å². The van der Waals surface area contributed by atoms with Crippen LogP contribution in [0.1, 0.15) is 27.7 Å². The van der Waals surface area contributed by atoms with Crippen LogP contribution in [0.25, 0.3) is 0 Å². The Morgan fingerprint density at radius 3 is 2.42 bits per heavy atom. The number of hydrogen-bond acceptors (Lipinski definition) is 1. The maximum atomic E-state index is 3.25. The van der Waals surface area contributed by atoms with Gasteiger partial charge in [0, 0.05) is 12.2 Å². The Morgan fingerprint density at radius 1 is 1.33 bits per heavy atom. The Balaban J connectivity index is 4.03. The lowest BCUT2D eigenvalue weighted by Gasteiger charge is -2.00. The van der Waals surface area contributed by atoms with Crippen molar-refractivity contribution in [1.29, 1.82) is 0 Å². The van der Waals surface area contributed by atoms with E-state index >= 15 is 0 Å². The molecule has 0 saturated carbocycles. The second kappa shape index (κ2) is 6.71. The molecule has 0 aliphatic rings. The van der Waals surface area contributed by atoms with E-state index in [1.807, 2.05) is 6.92 Å². The normalized spacial score (nSPS) is 11.8. The van der Waals surface area contributed by atoms with Gasteiger partial charge in [0.1, 0.15) is 0 Å². The van der Waals surface area contributed by atoms with Crippen molar-refractivity contribution in [3.8, 4) is 0 Å². The minimum atomic E-state index is 0.971. The summed E-state index contributed by atoms with van der Waals surface area (Å²) in [5.41, 5.74) is 2.49. The second-order valence-electron chi connectivity index (χ2n) is 2.88. The number of hydrogen-bond donors (Lipinski definition) is 1. The van der Waals surface area contributed by atoms with Crippen molar-refractivity contribution in [3.05, 3.63) is 35.6 Å². The van der Waals surface area contributed by atoms with Crippen molar-refractivity contribution in [2.45, 2.75) is 27.7 Å². The van der Waals surface area contributed by atoms with Gasteiger partial charge in [0.15, 0.2) is 0 Å². The monoisotopic (exact) mass is 165 g/mol. The highest BCUT2D eigenvalue weighted by Crippen LogP contribution is 1.94. The quantitative estimate of drug-likeness (QED) is 0.631. The van der Waals surface area contributed by atoms with Crippen molar-refractivity contribution in [2.24, 2.45) is 0 Å². The molecular formula is C11H19N. The van der Waals surface area contributed by atoms with E-state index in [0.717, 1.165) is 6.54 Å². The summed E-state index contributed by atoms with van der Waals surface area (Å²) in [5.74, 6) is 0. The molecule has 1 nitrogen and oxygen atoms in total. The molecular weight excluding hydrogens is 146 g/mol. The van der Waals surface area contributed by atoms with Gasteiger partial charge in [-0.15, -0.1) is 0 Å². The van der Waals surface area contributed by atoms with Gasteiger partial charge in [-0.1, -0.05) is 23.8 Å². The minimum Gasteiger partial charge on any atom is -0.386 e. The Kier molecular flexibility index (Phi) is 6.16. The van der Waals surface area contributed by atoms with Crippen molar-refractivity contribution in [2.75, 3.05) is 6.54 Å². The number of likely N-dealkylation sites (N-methyl/N-ethyl adjacent to an activating group) is 1. The van der Waals surface area contributed by atoms with Crippen molar-refractivity contribution in [3.63, 3.8) is 0 Å². The van der Waals surface area contributed by atoms with Crippen LogP contribution in [0.15, 0.2) is 35.6 Å². The highest BCUT2D eigenvalue weighted by atomic mass is 14.9. The van der Waals surface area contributed by atoms with Gasteiger partial charge in [-0.2, -0.15) is 0 Å². The zero-order valence-corrected chi connectivity index (χ0v) is 8.52. The minimum absolute atomic E-state index is 0.971. The number of nitrogens with one attached hydrogen (secondary N) is 1. The fraction of sp³-hybridized carbons (Fsp3) is 0.455. The van der Waals surface area contributed by atoms with Crippen molar-refractivity contribution in [1.82, 2.24) is 5.32 Å². The lowest BCUT2D eigenvalue weighted by molar-refractivity contribution is 0.876. The molecule has 12 heavy (non-hydrogen) atoms. The molecule has 0 aromatic heterocycles. The Hall–Kier alpha value is -0.980. The molecule has 0 rings (SSSR count). The standard InChI is InChI=1S/C11H19N/c1-5-11(12-6-2)9-7-8-10(3)4/h5,7-9,12H,6H2,1-4H3/b9-7-,11-5-. The predicted molar refractivity (Wildman–Crippen MR) is 56.0 cm³/mol. The molecule has 68 valence electrons. The summed E-state index contributed by atoms with van der Waals surface area (Å²) >= 11 is 0. The largest absolute Gasteiger partial charge is 0.386 e. The molecule has 0 spiro atoms. The summed E-state index contributed by atoms with van der Waals surface area (Å²) in [4.78, 5) is 0. The van der Waals surface area contributed by atoms with E-state index in [2.05, 4.69) is 50.4 Å². The van der Waals surface area contributed by atoms with E-state index in [1.54, 1.807) is 0 Å². The smallest absolute Gasteiger partial charge is 0.0296 e. The Labute approximate surface area is 75.9 Å². The Morgan fingerprint density at radius 2 is 2.00 bits per heavy atom. The maximum Gasteiger partial charge on any atom is 0.0296 e. The molecule has 0 aromatic carbocycles. The van der Waals surface area contributed by atoms with Crippen LogP contribution in [0.2, 0.25) is 0 Å². The first-order chi connectivity index (χ1) is 5.70. The molecule has 1 N–H and O–H groups in total. The predicted octanol–water partition coefficient (Wildman–Crippen LogP) is 3.02. The van der Waals surface area contributed by atoms with E-state index in [9.17, 15) is 0 Å². The van der Waals surface area contributed by atoms with Crippen molar-refractivity contribution >= 4 is 0 Å². The molecule has 0 heterocycles. The Bertz CT molecular complexity index is 193. The molecule has 0 saturated heterocycles. The summed E-state index contributed by atoms with van der Waals surface area (Å²) < 4.78 is 0. The van der Waals surface area contributed by atoms with E-state index in [-0.39, 0.29) is 0 Å². The lowest BCUT2D eigenvalue weighted by Crippen LogP contribution is -2.09. The molecule has 0 radical (unpaired) electrons. The number of allylic oxidation sites excluding steroid dienone is 5. The summed E-state index contributed by atoms with van der Waals surface area (Å²) in [7, 11) is 0. The fourth-order valence-electron chi connectivity index (χ4n) is 0.806. The van der Waals surface area contributed by atoms with E-state index in [1.165, 1.54) is 11.3 Å². The average molecular weight is 165 g/mol. The fourth-order valence-corrected chi connectivity index (χ4v) is 0.806. The zero-order valence-electron chi connectivity index (χ0n) is 8.52. The van der Waals surface area contributed by atoms with E-state index in [0.29, 0.717) is 0 Å². The molecule has 0 aromatic rings. The van der Waals surface area contributed by atoms with Crippen LogP contribution < -0.4 is 5.32 Å². The SMILES string of the molecule is C/C=C(/C=C\C=C(C)C)NCC. The lowest BCUT2D eigenvalue weighted by atomic mass is 10.3. The van der Waals surface area contributed by atoms with Crippen LogP contribution in [0.3, 0.4) is 0 Å². The van der Waals surface area contributed by atoms with Crippen LogP contribution in [0.5, 0.6) is 0 Å². The summed E-state index contributed by atoms with van der Waals surface area (Å²) in [6.45, 7) is 9.28. The zero-order chi connectivity index (χ0) is 9.40. The summed E-state index contributed by atoms with van der Waals surface area (Å²) in [6.07, 6.45) is 8.31. The van der Waals surface area contributed by atoms with E-state index in [4.69, 9.17) is 0 Å². The van der Waals surface area contributed by atoms with Gasteiger partial charge in [-0.25, -0.2) is 0 Å². The van der Waals surface area contributed by atoms with E-state index < -0.39 is 0 Å². The van der Waals surface area contributed by atoms with Gasteiger partial charge in [-0.3, -0.25) is 0 Å². The van der Waals surface area contributed by atoms with Gasteiger partial charge in [-0.05, 0) is 33.8 Å². The van der Waals surface area contributed by atoms with Crippen molar-refractivity contribution < 1.29 is 0 Å². The molecule has 0 aliphatic carbocycles. The first-order valence-corrected chi connectivity index (χ1v) is 4.42. The maximum absolute atomic E-state index is 3.25. The first-order valence-electron chi connectivity index (χ1n) is 4.42. The van der Waals surface area contributed by atoms with Crippen LogP contribution in [-0.4, -0.2) is 6.54 Å². The van der Waals surface area contributed by atoms with Gasteiger partial charge < -0.3 is 5.32 Å². The first kappa shape index (κ1) is 11.0. The summed E-state index contributed by atoms with van der Waals surface area (Å²) in [5, 5.41) is 3.25. The van der Waals surface area contributed by atoms with Crippen LogP contribution in [-0.2, 0) is 0 Å². The topological polar surface area (TPSA) is 12.0 Å². The highest BCUT2D eigenvalue weighted by Gasteiger charge is 1.83. The molecule has 1 heteroatoms. The molecule has 0 aliphatic heterocycles. The molecule has 0 fully saturated rings. The van der Waals surface area contributed by atoms with Gasteiger partial charge in [0.05, 0.1) is 0 Å². The third-order valence-corrected chi connectivity index (χ3v) is 1.40. The second-order valence-corrected chi connectivity index (χ2v) is 2.88. The third-order valence-electron chi connectivity index (χ3n) is 1.40. The third kappa shape index (κ3) is 5.78. The average Bonchev–Trinajstić information content (AvgIpc) is 2.02. The van der Waals surface area contributed by atoms with Gasteiger partial charge in [0.25, 0.3) is 0 Å². The van der Waals surface area contributed by atoms with Crippen LogP contribution >= 0.6 is 0 Å². The molecule has 0 atom stereocenters. The number of rotatable bonds is 4. The molecule has 0 bridgehead atoms. The highest BCUT2D eigenvalue weighted by molar-refractivity contribution is 5.21. The molecule has 0 unspecified atom stereocenters. The molecule has 0 amide bonds. The van der Waals surface area contributed by atoms with Gasteiger partial charge >= 0.3 is 0 Å². The van der Waals surface area contributed by atoms with Gasteiger partial charge in [0.2, 0.25) is 0 Å². The van der Waals surface area contributed by atoms with Crippen LogP contribution in [0.4, 0.5) is 0 Å².